The Morgan fingerprint density at radius 2 is 1.86 bits per heavy atom. The van der Waals surface area contributed by atoms with Crippen LogP contribution in [0.1, 0.15) is 31.4 Å². The van der Waals surface area contributed by atoms with Crippen LogP contribution >= 0.6 is 15.9 Å². The fraction of sp³-hybridized carbons (Fsp3) is 0.450. The lowest BCUT2D eigenvalue weighted by atomic mass is 9.68. The van der Waals surface area contributed by atoms with Crippen molar-refractivity contribution in [2.45, 2.75) is 56.8 Å². The number of nitrogens with zero attached hydrogens (tertiary/aromatic N) is 4. The molecule has 3 saturated heterocycles. The third kappa shape index (κ3) is 2.69. The second-order valence-corrected chi connectivity index (χ2v) is 9.23. The molecule has 0 radical (unpaired) electrons. The fourth-order valence-electron chi connectivity index (χ4n) is 5.19. The Bertz CT molecular complexity index is 1050. The van der Waals surface area contributed by atoms with Crippen LogP contribution in [0.25, 0.3) is 10.9 Å². The minimum atomic E-state index is 0.442. The van der Waals surface area contributed by atoms with Crippen LogP contribution in [-0.4, -0.2) is 49.2 Å². The monoisotopic (exact) mass is 439 g/mol. The van der Waals surface area contributed by atoms with E-state index in [9.17, 15) is 0 Å². The fourth-order valence-corrected chi connectivity index (χ4v) is 5.53. The van der Waals surface area contributed by atoms with Crippen molar-refractivity contribution in [1.82, 2.24) is 25.1 Å². The predicted octanol–water partition coefficient (Wildman–Crippen LogP) is 3.96. The van der Waals surface area contributed by atoms with Gasteiger partial charge in [-0.2, -0.15) is 10.1 Å². The maximum atomic E-state index is 4.81. The average Bonchev–Trinajstić information content (AvgIpc) is 3.02. The van der Waals surface area contributed by atoms with Crippen LogP contribution in [0.2, 0.25) is 0 Å². The largest absolute Gasteiger partial charge is 0.351 e. The highest BCUT2D eigenvalue weighted by atomic mass is 79.9. The molecule has 144 valence electrons. The molecule has 0 spiro atoms. The number of aromatic amines is 1. The van der Waals surface area contributed by atoms with E-state index in [0.29, 0.717) is 12.0 Å². The van der Waals surface area contributed by atoms with Gasteiger partial charge in [-0.25, -0.2) is 4.98 Å². The number of piperidine rings is 2. The molecule has 0 saturated carbocycles. The number of H-pyrrole nitrogens is 1. The first kappa shape index (κ1) is 16.7. The zero-order chi connectivity index (χ0) is 18.8. The summed E-state index contributed by atoms with van der Waals surface area (Å²) in [5, 5.41) is 15.2. The minimum Gasteiger partial charge on any atom is -0.351 e. The van der Waals surface area contributed by atoms with Gasteiger partial charge in [0.2, 0.25) is 5.95 Å². The molecule has 0 aliphatic carbocycles. The van der Waals surface area contributed by atoms with Crippen molar-refractivity contribution in [3.8, 4) is 0 Å². The van der Waals surface area contributed by atoms with Crippen LogP contribution in [0, 0.1) is 6.92 Å². The molecule has 28 heavy (non-hydrogen) atoms. The smallest absolute Gasteiger partial charge is 0.225 e. The minimum absolute atomic E-state index is 0.442. The summed E-state index contributed by atoms with van der Waals surface area (Å²) in [6, 6.07) is 10.9. The van der Waals surface area contributed by atoms with Gasteiger partial charge in [-0.15, -0.1) is 0 Å². The molecule has 5 heterocycles. The van der Waals surface area contributed by atoms with Gasteiger partial charge >= 0.3 is 0 Å². The van der Waals surface area contributed by atoms with Gasteiger partial charge in [-0.3, -0.25) is 10.00 Å². The molecule has 3 aromatic rings. The van der Waals surface area contributed by atoms with E-state index in [1.165, 1.54) is 25.7 Å². The van der Waals surface area contributed by atoms with E-state index < -0.39 is 0 Å². The van der Waals surface area contributed by atoms with Crippen molar-refractivity contribution >= 4 is 44.4 Å². The van der Waals surface area contributed by atoms with E-state index in [1.807, 2.05) is 31.2 Å². The SMILES string of the molecule is Cc1cc(Nc2nc(NC3C[C@@H]4CC5C[C@H](C3)N54)nc3cc(Br)ccc23)n[nH]1. The summed E-state index contributed by atoms with van der Waals surface area (Å²) in [6.45, 7) is 1.98. The van der Waals surface area contributed by atoms with Crippen LogP contribution < -0.4 is 10.6 Å². The Hall–Kier alpha value is -2.19. The summed E-state index contributed by atoms with van der Waals surface area (Å²) in [4.78, 5) is 12.3. The number of hydrogen-bond donors (Lipinski definition) is 3. The summed E-state index contributed by atoms with van der Waals surface area (Å²) >= 11 is 3.56. The van der Waals surface area contributed by atoms with Gasteiger partial charge in [0.25, 0.3) is 0 Å². The van der Waals surface area contributed by atoms with Crippen molar-refractivity contribution in [2.24, 2.45) is 0 Å². The molecule has 0 bridgehead atoms. The highest BCUT2D eigenvalue weighted by molar-refractivity contribution is 9.10. The molecule has 6 rings (SSSR count). The van der Waals surface area contributed by atoms with E-state index in [1.54, 1.807) is 0 Å². The summed E-state index contributed by atoms with van der Waals surface area (Å²) in [7, 11) is 0. The predicted molar refractivity (Wildman–Crippen MR) is 113 cm³/mol. The topological polar surface area (TPSA) is 81.8 Å². The van der Waals surface area contributed by atoms with E-state index in [0.717, 1.165) is 50.8 Å². The highest BCUT2D eigenvalue weighted by Crippen LogP contribution is 2.48. The number of nitrogens with one attached hydrogen (secondary N) is 3. The number of anilines is 3. The lowest BCUT2D eigenvalue weighted by molar-refractivity contribution is -0.146. The molecule has 7 nitrogen and oxygen atoms in total. The third-order valence-electron chi connectivity index (χ3n) is 6.41. The van der Waals surface area contributed by atoms with E-state index in [2.05, 4.69) is 41.7 Å². The second-order valence-electron chi connectivity index (χ2n) is 8.31. The quantitative estimate of drug-likeness (QED) is 0.570. The second kappa shape index (κ2) is 6.15. The number of aryl methyl sites for hydroxylation is 1. The van der Waals surface area contributed by atoms with Gasteiger partial charge in [-0.1, -0.05) is 15.9 Å². The first-order valence-corrected chi connectivity index (χ1v) is 10.7. The Balaban J connectivity index is 1.32. The van der Waals surface area contributed by atoms with Crippen LogP contribution in [0.5, 0.6) is 0 Å². The van der Waals surface area contributed by atoms with E-state index in [4.69, 9.17) is 9.97 Å². The molecule has 3 fully saturated rings. The molecule has 2 unspecified atom stereocenters. The Morgan fingerprint density at radius 1 is 1.07 bits per heavy atom. The lowest BCUT2D eigenvalue weighted by Crippen LogP contribution is -2.73. The lowest BCUT2D eigenvalue weighted by Gasteiger charge is -2.66. The van der Waals surface area contributed by atoms with Crippen LogP contribution in [0.4, 0.5) is 17.6 Å². The zero-order valence-corrected chi connectivity index (χ0v) is 17.2. The third-order valence-corrected chi connectivity index (χ3v) is 6.90. The summed E-state index contributed by atoms with van der Waals surface area (Å²) in [5.41, 5.74) is 1.92. The van der Waals surface area contributed by atoms with Gasteiger partial charge in [0.1, 0.15) is 5.82 Å². The molecule has 4 atom stereocenters. The van der Waals surface area contributed by atoms with E-state index in [-0.39, 0.29) is 0 Å². The average molecular weight is 440 g/mol. The Kier molecular flexibility index (Phi) is 3.68. The van der Waals surface area contributed by atoms with Gasteiger partial charge in [0.05, 0.1) is 5.52 Å². The summed E-state index contributed by atoms with van der Waals surface area (Å²) in [5.74, 6) is 2.22. The number of hydrogen-bond acceptors (Lipinski definition) is 6. The molecule has 3 N–H and O–H groups in total. The standard InChI is InChI=1S/C20H22BrN7/c1-10-4-18(27-26-10)24-19-16-3-2-11(21)5-17(16)23-20(25-19)22-12-6-13-8-15-9-14(7-12)28(13)15/h2-5,12-15H,6-9H2,1H3,(H3,22,23,24,25,26,27)/t12?,13-,14+,15?. The zero-order valence-electron chi connectivity index (χ0n) is 15.6. The molecule has 3 aliphatic heterocycles. The van der Waals surface area contributed by atoms with Crippen molar-refractivity contribution < 1.29 is 0 Å². The molecule has 2 aromatic heterocycles. The molecule has 1 aromatic carbocycles. The van der Waals surface area contributed by atoms with Crippen LogP contribution in [0.3, 0.4) is 0 Å². The molecular formula is C20H22BrN7. The summed E-state index contributed by atoms with van der Waals surface area (Å²) < 4.78 is 1.01. The van der Waals surface area contributed by atoms with E-state index >= 15 is 0 Å². The molecule has 3 aliphatic rings. The number of aromatic nitrogens is 4. The highest BCUT2D eigenvalue weighted by Gasteiger charge is 2.54. The molecule has 8 heteroatoms. The van der Waals surface area contributed by atoms with Crippen molar-refractivity contribution in [3.05, 3.63) is 34.4 Å². The van der Waals surface area contributed by atoms with Crippen LogP contribution in [-0.2, 0) is 0 Å². The van der Waals surface area contributed by atoms with Crippen molar-refractivity contribution in [3.63, 3.8) is 0 Å². The number of fused-ring (bicyclic) bond motifs is 1. The van der Waals surface area contributed by atoms with Gasteiger partial charge in [0, 0.05) is 45.8 Å². The van der Waals surface area contributed by atoms with Crippen molar-refractivity contribution in [2.75, 3.05) is 10.6 Å². The van der Waals surface area contributed by atoms with Crippen molar-refractivity contribution in [1.29, 1.82) is 0 Å². The van der Waals surface area contributed by atoms with Gasteiger partial charge in [-0.05, 0) is 50.8 Å². The Morgan fingerprint density at radius 3 is 2.57 bits per heavy atom. The van der Waals surface area contributed by atoms with Gasteiger partial charge < -0.3 is 10.6 Å². The molecular weight excluding hydrogens is 418 g/mol. The number of halogens is 1. The molecule has 0 amide bonds. The summed E-state index contributed by atoms with van der Waals surface area (Å²) in [6.07, 6.45) is 5.11. The number of rotatable bonds is 4. The first-order chi connectivity index (χ1) is 13.6. The number of benzene rings is 1. The van der Waals surface area contributed by atoms with Crippen LogP contribution in [0.15, 0.2) is 28.7 Å². The maximum Gasteiger partial charge on any atom is 0.225 e. The van der Waals surface area contributed by atoms with Gasteiger partial charge in [0.15, 0.2) is 5.82 Å². The Labute approximate surface area is 171 Å². The maximum absolute atomic E-state index is 4.81. The normalized spacial score (nSPS) is 28.4. The first-order valence-electron chi connectivity index (χ1n) is 9.93.